The van der Waals surface area contributed by atoms with E-state index in [0.717, 1.165) is 17.1 Å². The number of carbonyl (C=O) groups excluding carboxylic acids is 2. The fraction of sp³-hybridized carbons (Fsp3) is 0.222. The first-order chi connectivity index (χ1) is 11.7. The normalized spacial score (nSPS) is 10.7. The summed E-state index contributed by atoms with van der Waals surface area (Å²) in [5, 5.41) is 4.79. The first kappa shape index (κ1) is 18.3. The van der Waals surface area contributed by atoms with Crippen molar-refractivity contribution in [1.29, 1.82) is 0 Å². The van der Waals surface area contributed by atoms with E-state index in [9.17, 15) is 9.59 Å². The summed E-state index contributed by atoms with van der Waals surface area (Å²) in [4.78, 5) is 24.5. The summed E-state index contributed by atoms with van der Waals surface area (Å²) >= 11 is 3.49. The number of rotatable bonds is 9. The van der Waals surface area contributed by atoms with Crippen LogP contribution in [0.5, 0.6) is 0 Å². The zero-order valence-electron chi connectivity index (χ0n) is 13.1. The summed E-state index contributed by atoms with van der Waals surface area (Å²) in [5.41, 5.74) is 0.904. The third kappa shape index (κ3) is 7.48. The number of nitrogens with one attached hydrogen (secondary N) is 1. The molecular weight excluding hydrogens is 342 g/mol. The van der Waals surface area contributed by atoms with Gasteiger partial charge >= 0.3 is 5.97 Å². The summed E-state index contributed by atoms with van der Waals surface area (Å²) in [5.74, 6) is 0.965. The van der Waals surface area contributed by atoms with Crippen LogP contribution in [0.1, 0.15) is 10.4 Å². The average molecular weight is 361 g/mol. The Kier molecular flexibility index (Phi) is 8.13. The predicted molar refractivity (Wildman–Crippen MR) is 99.9 cm³/mol. The Balaban J connectivity index is 1.54. The molecule has 126 valence electrons. The first-order valence-electron chi connectivity index (χ1n) is 7.51. The largest absolute Gasteiger partial charge is 0.452 e. The number of thioether (sulfide) groups is 1. The van der Waals surface area contributed by atoms with Gasteiger partial charge in [-0.25, -0.2) is 4.79 Å². The van der Waals surface area contributed by atoms with E-state index in [1.54, 1.807) is 29.2 Å². The monoisotopic (exact) mass is 361 g/mol. The Morgan fingerprint density at radius 2 is 2.00 bits per heavy atom. The van der Waals surface area contributed by atoms with Crippen LogP contribution in [0, 0.1) is 0 Å². The molecule has 0 fully saturated rings. The number of hydrogen-bond acceptors (Lipinski definition) is 5. The summed E-state index contributed by atoms with van der Waals surface area (Å²) in [6.07, 6.45) is 2.97. The van der Waals surface area contributed by atoms with E-state index >= 15 is 0 Å². The third-order valence-corrected chi connectivity index (χ3v) is 5.02. The van der Waals surface area contributed by atoms with Crippen molar-refractivity contribution < 1.29 is 14.3 Å². The topological polar surface area (TPSA) is 55.4 Å². The molecule has 0 spiro atoms. The SMILES string of the molecule is O=C(COC(=O)/C=C/c1ccccc1)NCCSCc1cccs1. The van der Waals surface area contributed by atoms with Crippen LogP contribution < -0.4 is 5.32 Å². The van der Waals surface area contributed by atoms with Crippen LogP contribution in [0.4, 0.5) is 0 Å². The van der Waals surface area contributed by atoms with E-state index < -0.39 is 5.97 Å². The molecule has 1 N–H and O–H groups in total. The van der Waals surface area contributed by atoms with Crippen molar-refractivity contribution in [2.75, 3.05) is 18.9 Å². The fourth-order valence-electron chi connectivity index (χ4n) is 1.79. The molecule has 6 heteroatoms. The molecule has 0 aliphatic heterocycles. The Hall–Kier alpha value is -2.05. The molecule has 2 aromatic rings. The van der Waals surface area contributed by atoms with Gasteiger partial charge in [-0.3, -0.25) is 4.79 Å². The van der Waals surface area contributed by atoms with E-state index in [1.807, 2.05) is 36.4 Å². The molecule has 4 nitrogen and oxygen atoms in total. The molecule has 0 unspecified atom stereocenters. The van der Waals surface area contributed by atoms with E-state index in [1.165, 1.54) is 11.0 Å². The van der Waals surface area contributed by atoms with Gasteiger partial charge in [0, 0.05) is 29.0 Å². The minimum absolute atomic E-state index is 0.256. The van der Waals surface area contributed by atoms with Gasteiger partial charge in [-0.05, 0) is 23.1 Å². The number of hydrogen-bond donors (Lipinski definition) is 1. The highest BCUT2D eigenvalue weighted by Crippen LogP contribution is 2.16. The summed E-state index contributed by atoms with van der Waals surface area (Å²) < 4.78 is 4.90. The molecule has 0 atom stereocenters. The molecule has 0 aliphatic carbocycles. The van der Waals surface area contributed by atoms with Crippen molar-refractivity contribution in [2.45, 2.75) is 5.75 Å². The average Bonchev–Trinajstić information content (AvgIpc) is 3.12. The molecule has 0 saturated carbocycles. The number of benzene rings is 1. The number of amides is 1. The van der Waals surface area contributed by atoms with Gasteiger partial charge in [-0.15, -0.1) is 11.3 Å². The molecule has 2 rings (SSSR count). The lowest BCUT2D eigenvalue weighted by Gasteiger charge is -2.05. The zero-order valence-corrected chi connectivity index (χ0v) is 14.8. The third-order valence-electron chi connectivity index (χ3n) is 2.95. The second-order valence-electron chi connectivity index (χ2n) is 4.83. The maximum atomic E-state index is 11.6. The summed E-state index contributed by atoms with van der Waals surface area (Å²) in [6, 6.07) is 13.6. The van der Waals surface area contributed by atoms with E-state index in [-0.39, 0.29) is 12.5 Å². The molecule has 1 aromatic carbocycles. The molecule has 24 heavy (non-hydrogen) atoms. The van der Waals surface area contributed by atoms with Crippen molar-refractivity contribution >= 4 is 41.1 Å². The van der Waals surface area contributed by atoms with Gasteiger partial charge < -0.3 is 10.1 Å². The van der Waals surface area contributed by atoms with Gasteiger partial charge in [-0.1, -0.05) is 36.4 Å². The second kappa shape index (κ2) is 10.7. The smallest absolute Gasteiger partial charge is 0.331 e. The molecule has 0 saturated heterocycles. The van der Waals surface area contributed by atoms with Crippen molar-refractivity contribution in [3.05, 3.63) is 64.4 Å². The van der Waals surface area contributed by atoms with E-state index in [2.05, 4.69) is 16.8 Å². The molecule has 0 aliphatic rings. The molecular formula is C18H19NO3S2. The summed E-state index contributed by atoms with van der Waals surface area (Å²) in [6.45, 7) is 0.305. The number of ether oxygens (including phenoxy) is 1. The molecule has 1 amide bonds. The van der Waals surface area contributed by atoms with E-state index in [4.69, 9.17) is 4.74 Å². The minimum atomic E-state index is -0.527. The van der Waals surface area contributed by atoms with Crippen LogP contribution in [-0.4, -0.2) is 30.8 Å². The number of carbonyl (C=O) groups is 2. The highest BCUT2D eigenvalue weighted by molar-refractivity contribution is 7.98. The van der Waals surface area contributed by atoms with Gasteiger partial charge in [0.25, 0.3) is 5.91 Å². The second-order valence-corrected chi connectivity index (χ2v) is 6.97. The van der Waals surface area contributed by atoms with Crippen LogP contribution in [0.15, 0.2) is 53.9 Å². The van der Waals surface area contributed by atoms with Gasteiger partial charge in [-0.2, -0.15) is 11.8 Å². The van der Waals surface area contributed by atoms with Crippen molar-refractivity contribution in [3.63, 3.8) is 0 Å². The minimum Gasteiger partial charge on any atom is -0.452 e. The van der Waals surface area contributed by atoms with Gasteiger partial charge in [0.05, 0.1) is 0 Å². The highest BCUT2D eigenvalue weighted by Gasteiger charge is 2.04. The Labute approximate surface area is 149 Å². The molecule has 1 heterocycles. The lowest BCUT2D eigenvalue weighted by molar-refractivity contribution is -0.143. The molecule has 1 aromatic heterocycles. The Morgan fingerprint density at radius 1 is 1.17 bits per heavy atom. The number of thiophene rings is 1. The lowest BCUT2D eigenvalue weighted by Crippen LogP contribution is -2.30. The van der Waals surface area contributed by atoms with Crippen molar-refractivity contribution in [1.82, 2.24) is 5.32 Å². The number of esters is 1. The standard InChI is InChI=1S/C18H19NO3S2/c20-17(19-10-12-23-14-16-7-4-11-24-16)13-22-18(21)9-8-15-5-2-1-3-6-15/h1-9,11H,10,12-14H2,(H,19,20)/b9-8+. The van der Waals surface area contributed by atoms with Crippen LogP contribution in [0.3, 0.4) is 0 Å². The van der Waals surface area contributed by atoms with Crippen LogP contribution in [0.25, 0.3) is 6.08 Å². The highest BCUT2D eigenvalue weighted by atomic mass is 32.2. The fourth-order valence-corrected chi connectivity index (χ4v) is 3.49. The van der Waals surface area contributed by atoms with Gasteiger partial charge in [0.1, 0.15) is 0 Å². The molecule has 0 bridgehead atoms. The first-order valence-corrected chi connectivity index (χ1v) is 9.54. The van der Waals surface area contributed by atoms with Gasteiger partial charge in [0.15, 0.2) is 6.61 Å². The van der Waals surface area contributed by atoms with Gasteiger partial charge in [0.2, 0.25) is 0 Å². The van der Waals surface area contributed by atoms with Crippen LogP contribution in [-0.2, 0) is 20.1 Å². The zero-order chi connectivity index (χ0) is 17.0. The quantitative estimate of drug-likeness (QED) is 0.423. The van der Waals surface area contributed by atoms with Crippen LogP contribution in [0.2, 0.25) is 0 Å². The van der Waals surface area contributed by atoms with Crippen molar-refractivity contribution in [2.24, 2.45) is 0 Å². The molecule has 0 radical (unpaired) electrons. The summed E-state index contributed by atoms with van der Waals surface area (Å²) in [7, 11) is 0. The maximum Gasteiger partial charge on any atom is 0.331 e. The Morgan fingerprint density at radius 3 is 2.75 bits per heavy atom. The Bertz CT molecular complexity index is 654. The lowest BCUT2D eigenvalue weighted by atomic mass is 10.2. The maximum absolute atomic E-state index is 11.6. The van der Waals surface area contributed by atoms with Crippen molar-refractivity contribution in [3.8, 4) is 0 Å². The van der Waals surface area contributed by atoms with E-state index in [0.29, 0.717) is 6.54 Å². The van der Waals surface area contributed by atoms with Crippen LogP contribution >= 0.6 is 23.1 Å². The predicted octanol–water partition coefficient (Wildman–Crippen LogP) is 3.35.